The van der Waals surface area contributed by atoms with Crippen LogP contribution >= 0.6 is 0 Å². The van der Waals surface area contributed by atoms with Crippen LogP contribution in [0.2, 0.25) is 0 Å². The topological polar surface area (TPSA) is 83.8 Å². The summed E-state index contributed by atoms with van der Waals surface area (Å²) in [7, 11) is 0. The first kappa shape index (κ1) is 11.1. The second-order valence-electron chi connectivity index (χ2n) is 3.47. The number of amides is 1. The maximum Gasteiger partial charge on any atom is 0.253 e. The Kier molecular flexibility index (Phi) is 3.04. The van der Waals surface area contributed by atoms with Crippen molar-refractivity contribution in [3.63, 3.8) is 0 Å². The third kappa shape index (κ3) is 2.41. The van der Waals surface area contributed by atoms with Gasteiger partial charge in [0.15, 0.2) is 0 Å². The van der Waals surface area contributed by atoms with Gasteiger partial charge in [-0.15, -0.1) is 0 Å². The molecular weight excluding hydrogens is 223 g/mol. The van der Waals surface area contributed by atoms with Crippen LogP contribution in [-0.2, 0) is 6.54 Å². The van der Waals surface area contributed by atoms with Crippen molar-refractivity contribution in [2.75, 3.05) is 5.73 Å². The second-order valence-corrected chi connectivity index (χ2v) is 3.47. The van der Waals surface area contributed by atoms with Crippen molar-refractivity contribution in [3.05, 3.63) is 47.5 Å². The van der Waals surface area contributed by atoms with Gasteiger partial charge in [0.25, 0.3) is 5.91 Å². The number of carbonyl (C=O) groups is 1. The number of hydrogen-bond acceptors (Lipinski definition) is 3. The molecule has 0 unspecified atom stereocenters. The van der Waals surface area contributed by atoms with Gasteiger partial charge in [-0.1, -0.05) is 6.07 Å². The third-order valence-corrected chi connectivity index (χ3v) is 2.30. The Morgan fingerprint density at radius 3 is 3.00 bits per heavy atom. The van der Waals surface area contributed by atoms with E-state index in [1.54, 1.807) is 12.3 Å². The number of rotatable bonds is 3. The van der Waals surface area contributed by atoms with E-state index in [1.807, 2.05) is 0 Å². The second kappa shape index (κ2) is 4.65. The number of H-pyrrole nitrogens is 1. The Labute approximate surface area is 96.8 Å². The molecule has 0 aliphatic rings. The van der Waals surface area contributed by atoms with E-state index < -0.39 is 11.7 Å². The fraction of sp³-hybridized carbons (Fsp3) is 0.0909. The average molecular weight is 234 g/mol. The van der Waals surface area contributed by atoms with Crippen LogP contribution in [0.25, 0.3) is 0 Å². The zero-order valence-electron chi connectivity index (χ0n) is 8.90. The Balaban J connectivity index is 2.07. The SMILES string of the molecule is Nc1c(F)cccc1C(=O)NCc1ccn[nH]1. The van der Waals surface area contributed by atoms with Crippen molar-refractivity contribution < 1.29 is 9.18 Å². The molecule has 0 atom stereocenters. The van der Waals surface area contributed by atoms with Gasteiger partial charge in [0.05, 0.1) is 23.5 Å². The van der Waals surface area contributed by atoms with Crippen molar-refractivity contribution in [1.29, 1.82) is 0 Å². The van der Waals surface area contributed by atoms with Gasteiger partial charge in [-0.25, -0.2) is 4.39 Å². The third-order valence-electron chi connectivity index (χ3n) is 2.30. The molecule has 0 bridgehead atoms. The minimum atomic E-state index is -0.598. The zero-order chi connectivity index (χ0) is 12.3. The van der Waals surface area contributed by atoms with Gasteiger partial charge < -0.3 is 11.1 Å². The Bertz CT molecular complexity index is 524. The van der Waals surface area contributed by atoms with Crippen molar-refractivity contribution in [2.45, 2.75) is 6.54 Å². The average Bonchev–Trinajstić information content (AvgIpc) is 2.82. The molecule has 1 aromatic heterocycles. The fourth-order valence-corrected chi connectivity index (χ4v) is 1.39. The molecule has 88 valence electrons. The van der Waals surface area contributed by atoms with Crippen LogP contribution in [0.5, 0.6) is 0 Å². The van der Waals surface area contributed by atoms with Crippen LogP contribution in [0.4, 0.5) is 10.1 Å². The highest BCUT2D eigenvalue weighted by atomic mass is 19.1. The zero-order valence-corrected chi connectivity index (χ0v) is 8.90. The van der Waals surface area contributed by atoms with Crippen LogP contribution in [-0.4, -0.2) is 16.1 Å². The van der Waals surface area contributed by atoms with E-state index in [1.165, 1.54) is 18.2 Å². The van der Waals surface area contributed by atoms with Crippen LogP contribution in [0.15, 0.2) is 30.5 Å². The first-order valence-electron chi connectivity index (χ1n) is 4.99. The highest BCUT2D eigenvalue weighted by Gasteiger charge is 2.12. The Hall–Kier alpha value is -2.37. The van der Waals surface area contributed by atoms with Crippen molar-refractivity contribution in [3.8, 4) is 0 Å². The van der Waals surface area contributed by atoms with E-state index in [-0.39, 0.29) is 17.8 Å². The number of nitrogen functional groups attached to an aromatic ring is 1. The standard InChI is InChI=1S/C11H11FN4O/c12-9-3-1-2-8(10(9)13)11(17)14-6-7-4-5-15-16-7/h1-5H,6,13H2,(H,14,17)(H,15,16). The number of carbonyl (C=O) groups excluding carboxylic acids is 1. The summed E-state index contributed by atoms with van der Waals surface area (Å²) in [5.74, 6) is -1.02. The van der Waals surface area contributed by atoms with E-state index in [4.69, 9.17) is 5.73 Å². The molecule has 1 aromatic carbocycles. The fourth-order valence-electron chi connectivity index (χ4n) is 1.39. The van der Waals surface area contributed by atoms with Crippen molar-refractivity contribution >= 4 is 11.6 Å². The summed E-state index contributed by atoms with van der Waals surface area (Å²) in [5, 5.41) is 9.06. The van der Waals surface area contributed by atoms with Crippen LogP contribution in [0, 0.1) is 5.82 Å². The number of anilines is 1. The number of nitrogens with one attached hydrogen (secondary N) is 2. The predicted octanol–water partition coefficient (Wildman–Crippen LogP) is 1.06. The highest BCUT2D eigenvalue weighted by molar-refractivity contribution is 5.99. The lowest BCUT2D eigenvalue weighted by Crippen LogP contribution is -2.24. The van der Waals surface area contributed by atoms with E-state index in [2.05, 4.69) is 15.5 Å². The quantitative estimate of drug-likeness (QED) is 0.694. The number of nitrogens with two attached hydrogens (primary N) is 1. The molecule has 0 spiro atoms. The summed E-state index contributed by atoms with van der Waals surface area (Å²) in [4.78, 5) is 11.7. The normalized spacial score (nSPS) is 10.2. The molecule has 0 aliphatic heterocycles. The summed E-state index contributed by atoms with van der Waals surface area (Å²) in [6.45, 7) is 0.286. The maximum absolute atomic E-state index is 13.1. The number of aromatic amines is 1. The summed E-state index contributed by atoms with van der Waals surface area (Å²) >= 11 is 0. The van der Waals surface area contributed by atoms with Crippen molar-refractivity contribution in [1.82, 2.24) is 15.5 Å². The minimum Gasteiger partial charge on any atom is -0.396 e. The molecule has 5 nitrogen and oxygen atoms in total. The molecule has 4 N–H and O–H groups in total. The number of para-hydroxylation sites is 1. The summed E-state index contributed by atoms with van der Waals surface area (Å²) in [6.07, 6.45) is 1.58. The first-order chi connectivity index (χ1) is 8.18. The lowest BCUT2D eigenvalue weighted by atomic mass is 10.1. The monoisotopic (exact) mass is 234 g/mol. The van der Waals surface area contributed by atoms with Gasteiger partial charge in [0.2, 0.25) is 0 Å². The van der Waals surface area contributed by atoms with Gasteiger partial charge >= 0.3 is 0 Å². The van der Waals surface area contributed by atoms with Gasteiger partial charge in [-0.05, 0) is 18.2 Å². The first-order valence-corrected chi connectivity index (χ1v) is 4.99. The molecule has 0 saturated carbocycles. The number of nitrogens with zero attached hydrogens (tertiary/aromatic N) is 1. The van der Waals surface area contributed by atoms with E-state index in [0.717, 1.165) is 5.69 Å². The molecule has 0 radical (unpaired) electrons. The largest absolute Gasteiger partial charge is 0.396 e. The molecule has 2 aromatic rings. The maximum atomic E-state index is 13.1. The predicted molar refractivity (Wildman–Crippen MR) is 60.6 cm³/mol. The Morgan fingerprint density at radius 1 is 1.47 bits per heavy atom. The molecule has 0 fully saturated rings. The van der Waals surface area contributed by atoms with Crippen LogP contribution < -0.4 is 11.1 Å². The lowest BCUT2D eigenvalue weighted by molar-refractivity contribution is 0.0951. The highest BCUT2D eigenvalue weighted by Crippen LogP contribution is 2.15. The summed E-state index contributed by atoms with van der Waals surface area (Å²) < 4.78 is 13.1. The van der Waals surface area contributed by atoms with Gasteiger partial charge in [-0.2, -0.15) is 5.10 Å². The molecule has 0 saturated heterocycles. The van der Waals surface area contributed by atoms with E-state index >= 15 is 0 Å². The van der Waals surface area contributed by atoms with Crippen LogP contribution in [0.1, 0.15) is 16.1 Å². The molecule has 17 heavy (non-hydrogen) atoms. The summed E-state index contributed by atoms with van der Waals surface area (Å²) in [6, 6.07) is 5.85. The number of hydrogen-bond donors (Lipinski definition) is 3. The lowest BCUT2D eigenvalue weighted by Gasteiger charge is -2.06. The molecule has 1 heterocycles. The van der Waals surface area contributed by atoms with Gasteiger partial charge in [0.1, 0.15) is 5.82 Å². The van der Waals surface area contributed by atoms with Crippen LogP contribution in [0.3, 0.4) is 0 Å². The molecular formula is C11H11FN4O. The van der Waals surface area contributed by atoms with E-state index in [9.17, 15) is 9.18 Å². The molecule has 1 amide bonds. The smallest absolute Gasteiger partial charge is 0.253 e. The van der Waals surface area contributed by atoms with Gasteiger partial charge in [-0.3, -0.25) is 9.89 Å². The summed E-state index contributed by atoms with van der Waals surface area (Å²) in [5.41, 5.74) is 6.22. The number of benzene rings is 1. The minimum absolute atomic E-state index is 0.129. The Morgan fingerprint density at radius 2 is 2.29 bits per heavy atom. The van der Waals surface area contributed by atoms with E-state index in [0.29, 0.717) is 0 Å². The van der Waals surface area contributed by atoms with Crippen molar-refractivity contribution in [2.24, 2.45) is 0 Å². The van der Waals surface area contributed by atoms with Gasteiger partial charge in [0, 0.05) is 6.20 Å². The number of halogens is 1. The number of aromatic nitrogens is 2. The molecule has 6 heteroatoms. The molecule has 2 rings (SSSR count). The molecule has 0 aliphatic carbocycles.